The second-order valence-corrected chi connectivity index (χ2v) is 11.1. The largest absolute Gasteiger partial charge is 0.341 e. The van der Waals surface area contributed by atoms with Gasteiger partial charge in [-0.2, -0.15) is 0 Å². The summed E-state index contributed by atoms with van der Waals surface area (Å²) in [6, 6.07) is 14.2. The standard InChI is InChI=1S/C32H29FN6O2/c1-20(30(41)38-13-2-3-14-38)37-29(40)25-8-6-21(16-26(25)33)23-17-35-31-36-18-28(39(31)19-23)32(10-11-32)24-7-9-27-22(15-24)5-4-12-34-27/h4-9,12,15-20H,2-3,10-11,13-14H2,1H3,(H,37,40). The first kappa shape index (κ1) is 25.3. The van der Waals surface area contributed by atoms with Crippen LogP contribution in [0.2, 0.25) is 0 Å². The molecule has 1 saturated heterocycles. The lowest BCUT2D eigenvalue weighted by Crippen LogP contribution is -2.46. The van der Waals surface area contributed by atoms with Crippen molar-refractivity contribution < 1.29 is 14.0 Å². The molecule has 0 spiro atoms. The molecule has 1 unspecified atom stereocenters. The average molecular weight is 549 g/mol. The van der Waals surface area contributed by atoms with Crippen molar-refractivity contribution >= 4 is 28.5 Å². The van der Waals surface area contributed by atoms with Gasteiger partial charge >= 0.3 is 0 Å². The summed E-state index contributed by atoms with van der Waals surface area (Å²) in [6.45, 7) is 3.02. The number of likely N-dealkylation sites (tertiary alicyclic amines) is 1. The van der Waals surface area contributed by atoms with Gasteiger partial charge in [-0.1, -0.05) is 18.2 Å². The van der Waals surface area contributed by atoms with Crippen LogP contribution in [0.4, 0.5) is 4.39 Å². The Morgan fingerprint density at radius 2 is 1.78 bits per heavy atom. The molecular formula is C32H29FN6O2. The zero-order valence-electron chi connectivity index (χ0n) is 22.7. The van der Waals surface area contributed by atoms with E-state index in [0.717, 1.165) is 42.3 Å². The SMILES string of the molecule is CC(NC(=O)c1ccc(-c2cnc3ncc(C4(c5ccc6ncccc6c5)CC4)n3c2)cc1F)C(=O)N1CCCC1. The number of halogens is 1. The summed E-state index contributed by atoms with van der Waals surface area (Å²) in [5, 5.41) is 3.75. The monoisotopic (exact) mass is 548 g/mol. The second kappa shape index (κ2) is 9.76. The highest BCUT2D eigenvalue weighted by molar-refractivity contribution is 5.98. The van der Waals surface area contributed by atoms with Gasteiger partial charge in [-0.05, 0) is 74.1 Å². The molecule has 8 nitrogen and oxygen atoms in total. The van der Waals surface area contributed by atoms with Crippen LogP contribution in [0.15, 0.2) is 73.3 Å². The number of benzene rings is 2. The van der Waals surface area contributed by atoms with E-state index in [1.165, 1.54) is 17.7 Å². The Balaban J connectivity index is 1.16. The van der Waals surface area contributed by atoms with E-state index in [1.807, 2.05) is 22.9 Å². The van der Waals surface area contributed by atoms with Crippen molar-refractivity contribution in [3.8, 4) is 11.1 Å². The summed E-state index contributed by atoms with van der Waals surface area (Å²) in [4.78, 5) is 40.7. The number of aromatic nitrogens is 4. The number of pyridine rings is 1. The molecule has 5 aromatic rings. The van der Waals surface area contributed by atoms with Crippen molar-refractivity contribution in [1.29, 1.82) is 0 Å². The van der Waals surface area contributed by atoms with Crippen LogP contribution < -0.4 is 5.32 Å². The van der Waals surface area contributed by atoms with Crippen LogP contribution in [0, 0.1) is 5.82 Å². The Morgan fingerprint density at radius 3 is 2.56 bits per heavy atom. The fraction of sp³-hybridized carbons (Fsp3) is 0.281. The van der Waals surface area contributed by atoms with Crippen LogP contribution in [0.1, 0.15) is 54.2 Å². The van der Waals surface area contributed by atoms with Crippen molar-refractivity contribution in [2.75, 3.05) is 13.1 Å². The fourth-order valence-corrected chi connectivity index (χ4v) is 5.99. The van der Waals surface area contributed by atoms with E-state index in [1.54, 1.807) is 30.3 Å². The summed E-state index contributed by atoms with van der Waals surface area (Å²) >= 11 is 0. The molecule has 41 heavy (non-hydrogen) atoms. The van der Waals surface area contributed by atoms with Gasteiger partial charge in [0.2, 0.25) is 11.7 Å². The fourth-order valence-electron chi connectivity index (χ4n) is 5.99. The third-order valence-electron chi connectivity index (χ3n) is 8.44. The van der Waals surface area contributed by atoms with Crippen LogP contribution in [-0.2, 0) is 10.2 Å². The Morgan fingerprint density at radius 1 is 0.976 bits per heavy atom. The number of fused-ring (bicyclic) bond motifs is 2. The van der Waals surface area contributed by atoms with E-state index in [-0.39, 0.29) is 16.9 Å². The van der Waals surface area contributed by atoms with E-state index in [2.05, 4.69) is 44.5 Å². The van der Waals surface area contributed by atoms with Crippen molar-refractivity contribution in [2.24, 2.45) is 0 Å². The topological polar surface area (TPSA) is 92.5 Å². The molecule has 9 heteroatoms. The van der Waals surface area contributed by atoms with Gasteiger partial charge in [-0.15, -0.1) is 0 Å². The summed E-state index contributed by atoms with van der Waals surface area (Å²) < 4.78 is 17.2. The Labute approximate surface area is 236 Å². The molecule has 0 radical (unpaired) electrons. The van der Waals surface area contributed by atoms with Crippen molar-refractivity contribution in [2.45, 2.75) is 44.1 Å². The van der Waals surface area contributed by atoms with E-state index < -0.39 is 17.8 Å². The predicted octanol–water partition coefficient (Wildman–Crippen LogP) is 4.90. The zero-order chi connectivity index (χ0) is 28.1. The van der Waals surface area contributed by atoms with Gasteiger partial charge in [0.1, 0.15) is 11.9 Å². The molecule has 1 atom stereocenters. The van der Waals surface area contributed by atoms with E-state index in [0.29, 0.717) is 30.0 Å². The van der Waals surface area contributed by atoms with Gasteiger partial charge < -0.3 is 10.2 Å². The number of imidazole rings is 1. The highest BCUT2D eigenvalue weighted by atomic mass is 19.1. The Kier molecular flexibility index (Phi) is 6.03. The smallest absolute Gasteiger partial charge is 0.254 e. The molecule has 1 N–H and O–H groups in total. The lowest BCUT2D eigenvalue weighted by atomic mass is 9.91. The average Bonchev–Trinajstić information content (AvgIpc) is 3.39. The first-order chi connectivity index (χ1) is 19.9. The number of rotatable bonds is 6. The lowest BCUT2D eigenvalue weighted by Gasteiger charge is -2.21. The van der Waals surface area contributed by atoms with Crippen LogP contribution in [0.25, 0.3) is 27.8 Å². The number of nitrogens with one attached hydrogen (secondary N) is 1. The highest BCUT2D eigenvalue weighted by Crippen LogP contribution is 2.53. The van der Waals surface area contributed by atoms with E-state index >= 15 is 4.39 Å². The molecule has 3 aromatic heterocycles. The zero-order valence-corrected chi connectivity index (χ0v) is 22.7. The molecule has 7 rings (SSSR count). The normalized spacial score (nSPS) is 16.7. The number of carbonyl (C=O) groups excluding carboxylic acids is 2. The lowest BCUT2D eigenvalue weighted by molar-refractivity contribution is -0.131. The molecule has 4 heterocycles. The molecule has 206 valence electrons. The van der Waals surface area contributed by atoms with Gasteiger partial charge in [0, 0.05) is 48.0 Å². The summed E-state index contributed by atoms with van der Waals surface area (Å²) in [6.07, 6.45) is 11.2. The highest BCUT2D eigenvalue weighted by Gasteiger charge is 2.48. The number of nitrogens with zero attached hydrogens (tertiary/aromatic N) is 5. The maximum Gasteiger partial charge on any atom is 0.254 e. The van der Waals surface area contributed by atoms with Crippen molar-refractivity contribution in [3.63, 3.8) is 0 Å². The molecule has 2 fully saturated rings. The number of carbonyl (C=O) groups is 2. The van der Waals surface area contributed by atoms with Gasteiger partial charge in [0.25, 0.3) is 5.91 Å². The number of amides is 2. The molecule has 2 aromatic carbocycles. The summed E-state index contributed by atoms with van der Waals surface area (Å²) in [5.74, 6) is -0.834. The van der Waals surface area contributed by atoms with Crippen LogP contribution >= 0.6 is 0 Å². The molecule has 2 aliphatic rings. The minimum atomic E-state index is -0.723. The third kappa shape index (κ3) is 4.41. The van der Waals surface area contributed by atoms with E-state index in [4.69, 9.17) is 0 Å². The molecular weight excluding hydrogens is 519 g/mol. The maximum atomic E-state index is 15.2. The minimum absolute atomic E-state index is 0.102. The molecule has 0 bridgehead atoms. The Bertz CT molecular complexity index is 1820. The van der Waals surface area contributed by atoms with Crippen LogP contribution in [-0.4, -0.2) is 55.2 Å². The van der Waals surface area contributed by atoms with Gasteiger partial charge in [0.05, 0.1) is 23.0 Å². The van der Waals surface area contributed by atoms with Crippen molar-refractivity contribution in [3.05, 3.63) is 96.0 Å². The second-order valence-electron chi connectivity index (χ2n) is 11.1. The summed E-state index contributed by atoms with van der Waals surface area (Å²) in [7, 11) is 0. The quantitative estimate of drug-likeness (QED) is 0.326. The molecule has 2 amide bonds. The van der Waals surface area contributed by atoms with Gasteiger partial charge in [0.15, 0.2) is 0 Å². The van der Waals surface area contributed by atoms with Crippen LogP contribution in [0.3, 0.4) is 0 Å². The molecule has 1 aliphatic carbocycles. The molecule has 1 saturated carbocycles. The van der Waals surface area contributed by atoms with Crippen molar-refractivity contribution in [1.82, 2.24) is 29.6 Å². The van der Waals surface area contributed by atoms with Gasteiger partial charge in [-0.3, -0.25) is 19.0 Å². The number of hydrogen-bond donors (Lipinski definition) is 1. The van der Waals surface area contributed by atoms with Crippen LogP contribution in [0.5, 0.6) is 0 Å². The maximum absolute atomic E-state index is 15.2. The molecule has 1 aliphatic heterocycles. The first-order valence-electron chi connectivity index (χ1n) is 14.0. The number of hydrogen-bond acceptors (Lipinski definition) is 5. The van der Waals surface area contributed by atoms with E-state index in [9.17, 15) is 9.59 Å². The minimum Gasteiger partial charge on any atom is -0.341 e. The van der Waals surface area contributed by atoms with Gasteiger partial charge in [-0.25, -0.2) is 14.4 Å². The predicted molar refractivity (Wildman–Crippen MR) is 153 cm³/mol. The summed E-state index contributed by atoms with van der Waals surface area (Å²) in [5.41, 5.74) is 4.24. The first-order valence-corrected chi connectivity index (χ1v) is 14.0. The Hall–Kier alpha value is -4.66. The third-order valence-corrected chi connectivity index (χ3v) is 8.44.